The van der Waals surface area contributed by atoms with Gasteiger partial charge < -0.3 is 15.5 Å². The molecule has 1 aliphatic rings. The van der Waals surface area contributed by atoms with Crippen molar-refractivity contribution in [3.05, 3.63) is 57.8 Å². The standard InChI is InChI=1S/C23H22ClF4N3O2/c1-10-7-12-16(19(32)17(10)24)21(3,4)9-22(33,23(26,27)28)20(12)31-15-6-5-14(25)18-13(15)8-29-11(2)30-18/h5-8,20,31-33H,9H2,1-4H3. The summed E-state index contributed by atoms with van der Waals surface area (Å²) >= 11 is 6.21. The van der Waals surface area contributed by atoms with Gasteiger partial charge in [0.1, 0.15) is 22.9 Å². The maximum absolute atomic E-state index is 14.4. The Morgan fingerprint density at radius 3 is 2.52 bits per heavy atom. The second kappa shape index (κ2) is 7.43. The van der Waals surface area contributed by atoms with Gasteiger partial charge >= 0.3 is 6.18 Å². The largest absolute Gasteiger partial charge is 0.506 e. The Hall–Kier alpha value is -2.65. The molecule has 1 aliphatic carbocycles. The molecule has 1 heterocycles. The van der Waals surface area contributed by atoms with Gasteiger partial charge in [-0.05, 0) is 48.9 Å². The summed E-state index contributed by atoms with van der Waals surface area (Å²) < 4.78 is 57.5. The molecule has 0 saturated heterocycles. The van der Waals surface area contributed by atoms with Gasteiger partial charge in [-0.1, -0.05) is 31.5 Å². The Kier molecular flexibility index (Phi) is 5.29. The van der Waals surface area contributed by atoms with E-state index in [9.17, 15) is 27.8 Å². The summed E-state index contributed by atoms with van der Waals surface area (Å²) in [5.74, 6) is -0.682. The molecule has 176 valence electrons. The van der Waals surface area contributed by atoms with Crippen LogP contribution in [-0.2, 0) is 5.41 Å². The molecule has 0 radical (unpaired) electrons. The molecule has 2 unspecified atom stereocenters. The van der Waals surface area contributed by atoms with E-state index < -0.39 is 35.5 Å². The number of rotatable bonds is 2. The number of aliphatic hydroxyl groups is 1. The third-order valence-corrected chi connectivity index (χ3v) is 6.72. The molecule has 0 fully saturated rings. The number of hydrogen-bond donors (Lipinski definition) is 3. The van der Waals surface area contributed by atoms with Gasteiger partial charge in [-0.3, -0.25) is 0 Å². The zero-order valence-electron chi connectivity index (χ0n) is 18.3. The van der Waals surface area contributed by atoms with Gasteiger partial charge in [0.2, 0.25) is 0 Å². The highest BCUT2D eigenvalue weighted by atomic mass is 35.5. The fraction of sp³-hybridized carbons (Fsp3) is 0.391. The lowest BCUT2D eigenvalue weighted by Crippen LogP contribution is -2.58. The molecule has 0 aliphatic heterocycles. The van der Waals surface area contributed by atoms with Crippen LogP contribution in [0.25, 0.3) is 10.9 Å². The number of alkyl halides is 3. The van der Waals surface area contributed by atoms with E-state index in [0.717, 1.165) is 6.07 Å². The fourth-order valence-electron chi connectivity index (χ4n) is 4.78. The topological polar surface area (TPSA) is 78.3 Å². The monoisotopic (exact) mass is 483 g/mol. The van der Waals surface area contributed by atoms with Gasteiger partial charge in [0, 0.05) is 22.8 Å². The van der Waals surface area contributed by atoms with Crippen molar-refractivity contribution in [2.24, 2.45) is 0 Å². The van der Waals surface area contributed by atoms with Gasteiger partial charge in [0.05, 0.1) is 11.1 Å². The molecule has 5 nitrogen and oxygen atoms in total. The SMILES string of the molecule is Cc1ncc2c(NC3c4cc(C)c(Cl)c(O)c4C(C)(C)CC3(O)C(F)(F)F)ccc(F)c2n1. The van der Waals surface area contributed by atoms with Crippen molar-refractivity contribution in [3.8, 4) is 5.75 Å². The zero-order valence-corrected chi connectivity index (χ0v) is 19.0. The van der Waals surface area contributed by atoms with Crippen LogP contribution in [0.1, 0.15) is 48.8 Å². The average molecular weight is 484 g/mol. The Morgan fingerprint density at radius 1 is 1.21 bits per heavy atom. The zero-order chi connectivity index (χ0) is 24.5. The van der Waals surface area contributed by atoms with Crippen LogP contribution in [0.5, 0.6) is 5.75 Å². The molecule has 3 aromatic rings. The third-order valence-electron chi connectivity index (χ3n) is 6.24. The number of aromatic hydroxyl groups is 1. The number of aromatic nitrogens is 2. The van der Waals surface area contributed by atoms with Gasteiger partial charge in [-0.25, -0.2) is 14.4 Å². The van der Waals surface area contributed by atoms with E-state index >= 15 is 0 Å². The normalized spacial score (nSPS) is 22.3. The quantitative estimate of drug-likeness (QED) is 0.397. The lowest BCUT2D eigenvalue weighted by atomic mass is 9.63. The molecule has 0 bridgehead atoms. The number of fused-ring (bicyclic) bond motifs is 2. The molecule has 10 heteroatoms. The number of anilines is 1. The van der Waals surface area contributed by atoms with E-state index in [1.54, 1.807) is 13.8 Å². The molecule has 0 spiro atoms. The van der Waals surface area contributed by atoms with Crippen molar-refractivity contribution in [3.63, 3.8) is 0 Å². The van der Waals surface area contributed by atoms with E-state index in [4.69, 9.17) is 11.6 Å². The average Bonchev–Trinajstić information content (AvgIpc) is 2.69. The summed E-state index contributed by atoms with van der Waals surface area (Å²) in [6.45, 7) is 6.13. The minimum absolute atomic E-state index is 0.0362. The van der Waals surface area contributed by atoms with Crippen LogP contribution in [0.3, 0.4) is 0 Å². The number of phenols is 1. The predicted molar refractivity (Wildman–Crippen MR) is 117 cm³/mol. The minimum atomic E-state index is -5.02. The molecule has 0 amide bonds. The van der Waals surface area contributed by atoms with Crippen LogP contribution in [0.4, 0.5) is 23.2 Å². The molecule has 33 heavy (non-hydrogen) atoms. The molecule has 3 N–H and O–H groups in total. The molecular weight excluding hydrogens is 462 g/mol. The highest BCUT2D eigenvalue weighted by Gasteiger charge is 2.64. The first kappa shape index (κ1) is 23.5. The van der Waals surface area contributed by atoms with E-state index in [2.05, 4.69) is 15.3 Å². The number of nitrogens with one attached hydrogen (secondary N) is 1. The maximum atomic E-state index is 14.4. The highest BCUT2D eigenvalue weighted by Crippen LogP contribution is 2.57. The van der Waals surface area contributed by atoms with Crippen LogP contribution in [0.2, 0.25) is 5.02 Å². The van der Waals surface area contributed by atoms with Crippen molar-refractivity contribution in [1.82, 2.24) is 9.97 Å². The van der Waals surface area contributed by atoms with Crippen LogP contribution in [-0.4, -0.2) is 32.0 Å². The van der Waals surface area contributed by atoms with E-state index in [-0.39, 0.29) is 38.5 Å². The van der Waals surface area contributed by atoms with Gasteiger partial charge in [-0.2, -0.15) is 13.2 Å². The number of phenolic OH excluding ortho intramolecular Hbond substituents is 1. The lowest BCUT2D eigenvalue weighted by molar-refractivity contribution is -0.275. The first-order valence-electron chi connectivity index (χ1n) is 10.2. The first-order valence-corrected chi connectivity index (χ1v) is 10.5. The summed E-state index contributed by atoms with van der Waals surface area (Å²) in [6, 6.07) is 2.06. The Morgan fingerprint density at radius 2 is 1.88 bits per heavy atom. The molecule has 2 atom stereocenters. The van der Waals surface area contributed by atoms with E-state index in [1.165, 1.54) is 32.2 Å². The maximum Gasteiger partial charge on any atom is 0.419 e. The van der Waals surface area contributed by atoms with Gasteiger partial charge in [0.15, 0.2) is 5.60 Å². The Labute approximate surface area is 192 Å². The van der Waals surface area contributed by atoms with Crippen LogP contribution < -0.4 is 5.32 Å². The van der Waals surface area contributed by atoms with Crippen LogP contribution in [0.15, 0.2) is 24.4 Å². The van der Waals surface area contributed by atoms with E-state index in [0.29, 0.717) is 11.4 Å². The van der Waals surface area contributed by atoms with Gasteiger partial charge in [0.25, 0.3) is 0 Å². The summed E-state index contributed by atoms with van der Waals surface area (Å²) in [5, 5.41) is 24.8. The molecule has 2 aromatic carbocycles. The summed E-state index contributed by atoms with van der Waals surface area (Å²) in [4.78, 5) is 8.09. The Bertz CT molecular complexity index is 1280. The van der Waals surface area contributed by atoms with Crippen molar-refractivity contribution >= 4 is 28.2 Å². The molecule has 0 saturated carbocycles. The fourth-order valence-corrected chi connectivity index (χ4v) is 4.93. The summed E-state index contributed by atoms with van der Waals surface area (Å²) in [5.41, 5.74) is -3.80. The van der Waals surface area contributed by atoms with Crippen molar-refractivity contribution in [1.29, 1.82) is 0 Å². The molecule has 1 aromatic heterocycles. The number of nitrogens with zero attached hydrogens (tertiary/aromatic N) is 2. The summed E-state index contributed by atoms with van der Waals surface area (Å²) in [7, 11) is 0. The van der Waals surface area contributed by atoms with Crippen LogP contribution in [0, 0.1) is 19.7 Å². The van der Waals surface area contributed by atoms with Gasteiger partial charge in [-0.15, -0.1) is 0 Å². The Balaban J connectivity index is 2.00. The lowest BCUT2D eigenvalue weighted by Gasteiger charge is -2.49. The van der Waals surface area contributed by atoms with Crippen LogP contribution >= 0.6 is 11.6 Å². The van der Waals surface area contributed by atoms with Crippen molar-refractivity contribution in [2.45, 2.75) is 57.3 Å². The minimum Gasteiger partial charge on any atom is -0.506 e. The van der Waals surface area contributed by atoms with Crippen molar-refractivity contribution in [2.75, 3.05) is 5.32 Å². The third kappa shape index (κ3) is 3.58. The van der Waals surface area contributed by atoms with Crippen molar-refractivity contribution < 1.29 is 27.8 Å². The smallest absolute Gasteiger partial charge is 0.419 e. The molecule has 4 rings (SSSR count). The second-order valence-corrected chi connectivity index (χ2v) is 9.53. The number of aryl methyl sites for hydroxylation is 2. The predicted octanol–water partition coefficient (Wildman–Crippen LogP) is 5.87. The first-order chi connectivity index (χ1) is 15.2. The second-order valence-electron chi connectivity index (χ2n) is 9.15. The summed E-state index contributed by atoms with van der Waals surface area (Å²) in [6.07, 6.45) is -4.45. The highest BCUT2D eigenvalue weighted by molar-refractivity contribution is 6.33. The van der Waals surface area contributed by atoms with E-state index in [1.807, 2.05) is 0 Å². The molecular formula is C23H22ClF4N3O2. The number of hydrogen-bond acceptors (Lipinski definition) is 5. The number of benzene rings is 2. The number of halogens is 5.